The average molecular weight is 290 g/mol. The summed E-state index contributed by atoms with van der Waals surface area (Å²) in [6, 6.07) is 8.33. The molecule has 1 aromatic rings. The number of ether oxygens (including phenoxy) is 1. The van der Waals surface area contributed by atoms with Gasteiger partial charge in [-0.3, -0.25) is 0 Å². The molecule has 0 aliphatic heterocycles. The lowest BCUT2D eigenvalue weighted by molar-refractivity contribution is 0.263. The molecule has 3 heteroatoms. The molecule has 0 bridgehead atoms. The lowest BCUT2D eigenvalue weighted by atomic mass is 10.1. The van der Waals surface area contributed by atoms with Gasteiger partial charge in [0.05, 0.1) is 6.61 Å². The van der Waals surface area contributed by atoms with Crippen LogP contribution in [0.1, 0.15) is 50.6 Å². The second-order valence-corrected chi connectivity index (χ2v) is 6.40. The van der Waals surface area contributed by atoms with Crippen LogP contribution in [0.5, 0.6) is 5.75 Å². The van der Waals surface area contributed by atoms with Crippen molar-refractivity contribution in [3.05, 3.63) is 29.8 Å². The number of likely N-dealkylation sites (N-methyl/N-ethyl adjacent to an activating group) is 1. The third-order valence-electron chi connectivity index (χ3n) is 4.33. The molecule has 2 rings (SSSR count). The van der Waals surface area contributed by atoms with Crippen molar-refractivity contribution in [1.29, 1.82) is 0 Å². The first-order chi connectivity index (χ1) is 10.2. The first-order valence-corrected chi connectivity index (χ1v) is 8.36. The molecule has 0 aromatic heterocycles. The summed E-state index contributed by atoms with van der Waals surface area (Å²) in [6.07, 6.45) is 6.63. The summed E-state index contributed by atoms with van der Waals surface area (Å²) in [5, 5.41) is 0. The van der Waals surface area contributed by atoms with Crippen molar-refractivity contribution in [2.24, 2.45) is 11.7 Å². The van der Waals surface area contributed by atoms with E-state index in [-0.39, 0.29) is 6.04 Å². The second kappa shape index (κ2) is 8.40. The Labute approximate surface area is 129 Å². The summed E-state index contributed by atoms with van der Waals surface area (Å²) in [4.78, 5) is 2.39. The molecule has 1 aromatic carbocycles. The van der Waals surface area contributed by atoms with Crippen LogP contribution < -0.4 is 10.5 Å². The van der Waals surface area contributed by atoms with Gasteiger partial charge in [-0.25, -0.2) is 0 Å². The molecule has 0 saturated heterocycles. The predicted octanol–water partition coefficient (Wildman–Crippen LogP) is 3.60. The van der Waals surface area contributed by atoms with E-state index in [1.807, 2.05) is 12.1 Å². The van der Waals surface area contributed by atoms with Gasteiger partial charge in [0.1, 0.15) is 5.75 Å². The minimum Gasteiger partial charge on any atom is -0.494 e. The van der Waals surface area contributed by atoms with E-state index in [0.29, 0.717) is 0 Å². The number of nitrogens with two attached hydrogens (primary N) is 1. The largest absolute Gasteiger partial charge is 0.494 e. The van der Waals surface area contributed by atoms with Crippen molar-refractivity contribution >= 4 is 0 Å². The van der Waals surface area contributed by atoms with E-state index in [1.165, 1.54) is 37.8 Å². The monoisotopic (exact) mass is 290 g/mol. The van der Waals surface area contributed by atoms with E-state index in [1.54, 1.807) is 0 Å². The fourth-order valence-electron chi connectivity index (χ4n) is 3.18. The molecule has 1 atom stereocenters. The minimum absolute atomic E-state index is 0.0802. The Kier molecular flexibility index (Phi) is 6.52. The number of nitrogens with zero attached hydrogens (tertiary/aromatic N) is 1. The van der Waals surface area contributed by atoms with Crippen LogP contribution in [0, 0.1) is 5.92 Å². The average Bonchev–Trinajstić information content (AvgIpc) is 2.98. The van der Waals surface area contributed by atoms with Gasteiger partial charge >= 0.3 is 0 Å². The smallest absolute Gasteiger partial charge is 0.119 e. The zero-order valence-corrected chi connectivity index (χ0v) is 13.6. The molecule has 0 amide bonds. The van der Waals surface area contributed by atoms with Crippen LogP contribution in [0.4, 0.5) is 0 Å². The maximum atomic E-state index is 6.34. The fraction of sp³-hybridized carbons (Fsp3) is 0.667. The van der Waals surface area contributed by atoms with Crippen LogP contribution >= 0.6 is 0 Å². The molecule has 1 fully saturated rings. The first-order valence-electron chi connectivity index (χ1n) is 8.36. The minimum atomic E-state index is 0.0802. The summed E-state index contributed by atoms with van der Waals surface area (Å²) >= 11 is 0. The molecule has 1 saturated carbocycles. The lowest BCUT2D eigenvalue weighted by Gasteiger charge is -2.24. The Balaban J connectivity index is 1.79. The number of benzene rings is 1. The van der Waals surface area contributed by atoms with Gasteiger partial charge in [-0.15, -0.1) is 0 Å². The molecule has 0 heterocycles. The van der Waals surface area contributed by atoms with Crippen LogP contribution in [-0.4, -0.2) is 31.6 Å². The van der Waals surface area contributed by atoms with Gasteiger partial charge < -0.3 is 15.4 Å². The number of hydrogen-bond acceptors (Lipinski definition) is 3. The highest BCUT2D eigenvalue weighted by Gasteiger charge is 2.18. The molecule has 0 spiro atoms. The summed E-state index contributed by atoms with van der Waals surface area (Å²) in [6.45, 7) is 5.00. The van der Waals surface area contributed by atoms with Crippen LogP contribution in [0.25, 0.3) is 0 Å². The first kappa shape index (κ1) is 16.3. The Bertz CT molecular complexity index is 398. The lowest BCUT2D eigenvalue weighted by Crippen LogP contribution is -2.32. The van der Waals surface area contributed by atoms with Gasteiger partial charge in [-0.1, -0.05) is 31.9 Å². The second-order valence-electron chi connectivity index (χ2n) is 6.40. The van der Waals surface area contributed by atoms with Crippen molar-refractivity contribution in [3.63, 3.8) is 0 Å². The van der Waals surface area contributed by atoms with Crippen LogP contribution in [0.3, 0.4) is 0 Å². The van der Waals surface area contributed by atoms with E-state index in [9.17, 15) is 0 Å². The van der Waals surface area contributed by atoms with Crippen LogP contribution in [-0.2, 0) is 0 Å². The van der Waals surface area contributed by atoms with Crippen LogP contribution in [0.2, 0.25) is 0 Å². The summed E-state index contributed by atoms with van der Waals surface area (Å²) < 4.78 is 5.61. The predicted molar refractivity (Wildman–Crippen MR) is 88.6 cm³/mol. The van der Waals surface area contributed by atoms with Gasteiger partial charge in [-0.05, 0) is 49.9 Å². The van der Waals surface area contributed by atoms with Gasteiger partial charge in [-0.2, -0.15) is 0 Å². The highest BCUT2D eigenvalue weighted by molar-refractivity contribution is 5.29. The summed E-state index contributed by atoms with van der Waals surface area (Å²) in [7, 11) is 2.19. The molecule has 1 aliphatic rings. The molecular formula is C18H30N2O. The van der Waals surface area contributed by atoms with Crippen molar-refractivity contribution in [1.82, 2.24) is 4.90 Å². The Morgan fingerprint density at radius 2 is 1.90 bits per heavy atom. The standard InChI is InChI=1S/C18H30N2O/c1-3-12-21-17-10-8-16(9-11-17)18(19)14-20(2)13-15-6-4-5-7-15/h8-11,15,18H,3-7,12-14,19H2,1-2H3. The molecule has 2 N–H and O–H groups in total. The zero-order valence-electron chi connectivity index (χ0n) is 13.6. The van der Waals surface area contributed by atoms with Crippen LogP contribution in [0.15, 0.2) is 24.3 Å². The normalized spacial score (nSPS) is 17.3. The summed E-state index contributed by atoms with van der Waals surface area (Å²) in [5.41, 5.74) is 7.53. The molecule has 1 aliphatic carbocycles. The third kappa shape index (κ3) is 5.33. The Hall–Kier alpha value is -1.06. The van der Waals surface area contributed by atoms with E-state index in [4.69, 9.17) is 10.5 Å². The number of hydrogen-bond donors (Lipinski definition) is 1. The van der Waals surface area contributed by atoms with Crippen molar-refractivity contribution < 1.29 is 4.74 Å². The van der Waals surface area contributed by atoms with Gasteiger partial charge in [0.25, 0.3) is 0 Å². The SMILES string of the molecule is CCCOc1ccc(C(N)CN(C)CC2CCCC2)cc1. The topological polar surface area (TPSA) is 38.5 Å². The Morgan fingerprint density at radius 1 is 1.24 bits per heavy atom. The zero-order chi connectivity index (χ0) is 15.1. The highest BCUT2D eigenvalue weighted by Crippen LogP contribution is 2.25. The van der Waals surface area contributed by atoms with E-state index in [2.05, 4.69) is 31.0 Å². The molecular weight excluding hydrogens is 260 g/mol. The summed E-state index contributed by atoms with van der Waals surface area (Å²) in [5.74, 6) is 1.82. The molecule has 0 radical (unpaired) electrons. The van der Waals surface area contributed by atoms with Crippen molar-refractivity contribution in [2.45, 2.75) is 45.1 Å². The quantitative estimate of drug-likeness (QED) is 0.795. The maximum absolute atomic E-state index is 6.34. The fourth-order valence-corrected chi connectivity index (χ4v) is 3.18. The van der Waals surface area contributed by atoms with E-state index >= 15 is 0 Å². The highest BCUT2D eigenvalue weighted by atomic mass is 16.5. The van der Waals surface area contributed by atoms with E-state index in [0.717, 1.165) is 31.2 Å². The number of rotatable bonds is 8. The van der Waals surface area contributed by atoms with Crippen molar-refractivity contribution in [3.8, 4) is 5.75 Å². The van der Waals surface area contributed by atoms with E-state index < -0.39 is 0 Å². The third-order valence-corrected chi connectivity index (χ3v) is 4.33. The Morgan fingerprint density at radius 3 is 2.52 bits per heavy atom. The molecule has 21 heavy (non-hydrogen) atoms. The van der Waals surface area contributed by atoms with Gasteiger partial charge in [0, 0.05) is 19.1 Å². The van der Waals surface area contributed by atoms with Gasteiger partial charge in [0.15, 0.2) is 0 Å². The molecule has 1 unspecified atom stereocenters. The molecule has 118 valence electrons. The maximum Gasteiger partial charge on any atom is 0.119 e. The molecule has 3 nitrogen and oxygen atoms in total. The van der Waals surface area contributed by atoms with Gasteiger partial charge in [0.2, 0.25) is 0 Å². The van der Waals surface area contributed by atoms with Crippen molar-refractivity contribution in [2.75, 3.05) is 26.7 Å².